The van der Waals surface area contributed by atoms with E-state index in [2.05, 4.69) is 49.2 Å². The molecular weight excluding hydrogens is 329 g/mol. The summed E-state index contributed by atoms with van der Waals surface area (Å²) in [6.07, 6.45) is 0. The number of carbonyl (C=O) groups excluding carboxylic acids is 1. The molecule has 0 aliphatic carbocycles. The summed E-state index contributed by atoms with van der Waals surface area (Å²) in [7, 11) is 0. The number of nitrogens with zero attached hydrogens (tertiary/aromatic N) is 2. The van der Waals surface area contributed by atoms with Gasteiger partial charge >= 0.3 is 6.03 Å². The average Bonchev–Trinajstić information content (AvgIpc) is 2.63. The van der Waals surface area contributed by atoms with Gasteiger partial charge in [-0.3, -0.25) is 0 Å². The Bertz CT molecular complexity index is 783. The predicted molar refractivity (Wildman–Crippen MR) is 104 cm³/mol. The van der Waals surface area contributed by atoms with E-state index in [-0.39, 0.29) is 11.7 Å². The molecule has 2 amide bonds. The van der Waals surface area contributed by atoms with Crippen LogP contribution in [0.4, 0.5) is 20.6 Å². The van der Waals surface area contributed by atoms with Crippen LogP contribution in [0.5, 0.6) is 0 Å². The SMILES string of the molecule is Cc1cccc(C(C)C)c1N1CCN(C(=O)Nc2ccccc2F)CC1. The van der Waals surface area contributed by atoms with Gasteiger partial charge in [-0.15, -0.1) is 0 Å². The molecule has 0 atom stereocenters. The van der Waals surface area contributed by atoms with Crippen LogP contribution >= 0.6 is 0 Å². The fraction of sp³-hybridized carbons (Fsp3) is 0.381. The van der Waals surface area contributed by atoms with Gasteiger partial charge in [0.05, 0.1) is 5.69 Å². The quantitative estimate of drug-likeness (QED) is 0.872. The number of carbonyl (C=O) groups is 1. The van der Waals surface area contributed by atoms with E-state index in [1.54, 1.807) is 23.1 Å². The molecule has 1 heterocycles. The van der Waals surface area contributed by atoms with Crippen molar-refractivity contribution in [3.05, 3.63) is 59.4 Å². The number of nitrogens with one attached hydrogen (secondary N) is 1. The summed E-state index contributed by atoms with van der Waals surface area (Å²) in [5, 5.41) is 2.67. The van der Waals surface area contributed by atoms with Crippen molar-refractivity contribution in [1.29, 1.82) is 0 Å². The first kappa shape index (κ1) is 18.2. The number of hydrogen-bond acceptors (Lipinski definition) is 2. The van der Waals surface area contributed by atoms with E-state index in [1.807, 2.05) is 0 Å². The number of aryl methyl sites for hydroxylation is 1. The fourth-order valence-electron chi connectivity index (χ4n) is 3.47. The topological polar surface area (TPSA) is 35.6 Å². The summed E-state index contributed by atoms with van der Waals surface area (Å²) in [6, 6.07) is 12.4. The molecule has 0 saturated carbocycles. The van der Waals surface area contributed by atoms with Crippen molar-refractivity contribution in [3.63, 3.8) is 0 Å². The lowest BCUT2D eigenvalue weighted by atomic mass is 9.97. The molecule has 4 nitrogen and oxygen atoms in total. The van der Waals surface area contributed by atoms with Crippen molar-refractivity contribution in [2.45, 2.75) is 26.7 Å². The number of benzene rings is 2. The van der Waals surface area contributed by atoms with Crippen molar-refractivity contribution >= 4 is 17.4 Å². The van der Waals surface area contributed by atoms with E-state index in [4.69, 9.17) is 0 Å². The smallest absolute Gasteiger partial charge is 0.322 e. The van der Waals surface area contributed by atoms with Gasteiger partial charge in [-0.2, -0.15) is 0 Å². The summed E-state index contributed by atoms with van der Waals surface area (Å²) < 4.78 is 13.7. The van der Waals surface area contributed by atoms with Crippen LogP contribution in [0.15, 0.2) is 42.5 Å². The largest absolute Gasteiger partial charge is 0.368 e. The van der Waals surface area contributed by atoms with Gasteiger partial charge in [0.1, 0.15) is 5.82 Å². The Morgan fingerprint density at radius 2 is 1.73 bits per heavy atom. The molecule has 1 aliphatic rings. The molecule has 138 valence electrons. The number of hydrogen-bond donors (Lipinski definition) is 1. The molecule has 0 bridgehead atoms. The van der Waals surface area contributed by atoms with Gasteiger partial charge < -0.3 is 15.1 Å². The zero-order valence-electron chi connectivity index (χ0n) is 15.6. The van der Waals surface area contributed by atoms with E-state index in [0.717, 1.165) is 13.1 Å². The van der Waals surface area contributed by atoms with Crippen molar-refractivity contribution in [1.82, 2.24) is 4.90 Å². The summed E-state index contributed by atoms with van der Waals surface area (Å²) >= 11 is 0. The van der Waals surface area contributed by atoms with Crippen LogP contribution in [0.1, 0.15) is 30.9 Å². The number of anilines is 2. The van der Waals surface area contributed by atoms with Crippen molar-refractivity contribution in [2.24, 2.45) is 0 Å². The van der Waals surface area contributed by atoms with Gasteiger partial charge in [0.15, 0.2) is 0 Å². The number of amides is 2. The monoisotopic (exact) mass is 355 g/mol. The van der Waals surface area contributed by atoms with Gasteiger partial charge in [0.2, 0.25) is 0 Å². The lowest BCUT2D eigenvalue weighted by Gasteiger charge is -2.38. The predicted octanol–water partition coefficient (Wildman–Crippen LogP) is 4.61. The number of halogens is 1. The van der Waals surface area contributed by atoms with Crippen molar-refractivity contribution in [2.75, 3.05) is 36.4 Å². The standard InChI is InChI=1S/C21H26FN3O/c1-15(2)17-8-6-7-16(3)20(17)24-11-13-25(14-12-24)21(26)23-19-10-5-4-9-18(19)22/h4-10,15H,11-14H2,1-3H3,(H,23,26). The minimum atomic E-state index is -0.416. The number of piperazine rings is 1. The third kappa shape index (κ3) is 3.82. The molecule has 0 aromatic heterocycles. The minimum absolute atomic E-state index is 0.223. The number of para-hydroxylation sites is 2. The lowest BCUT2D eigenvalue weighted by Crippen LogP contribution is -2.50. The highest BCUT2D eigenvalue weighted by molar-refractivity contribution is 5.89. The normalized spacial score (nSPS) is 14.7. The summed E-state index contributed by atoms with van der Waals surface area (Å²) in [5.74, 6) is 0.0354. The molecule has 1 saturated heterocycles. The Morgan fingerprint density at radius 3 is 2.38 bits per heavy atom. The number of rotatable bonds is 3. The maximum atomic E-state index is 13.7. The van der Waals surface area contributed by atoms with Crippen LogP contribution in [-0.2, 0) is 0 Å². The Labute approximate surface area is 154 Å². The third-order valence-corrected chi connectivity index (χ3v) is 4.89. The first-order valence-corrected chi connectivity index (χ1v) is 9.12. The van der Waals surface area contributed by atoms with Gasteiger partial charge in [-0.05, 0) is 36.1 Å². The van der Waals surface area contributed by atoms with E-state index in [0.29, 0.717) is 19.0 Å². The van der Waals surface area contributed by atoms with Crippen molar-refractivity contribution < 1.29 is 9.18 Å². The average molecular weight is 355 g/mol. The highest BCUT2D eigenvalue weighted by Gasteiger charge is 2.24. The van der Waals surface area contributed by atoms with E-state index >= 15 is 0 Å². The summed E-state index contributed by atoms with van der Waals surface area (Å²) in [5.41, 5.74) is 4.12. The lowest BCUT2D eigenvalue weighted by molar-refractivity contribution is 0.208. The van der Waals surface area contributed by atoms with Gasteiger partial charge in [-0.1, -0.05) is 44.2 Å². The van der Waals surface area contributed by atoms with E-state index in [9.17, 15) is 9.18 Å². The molecule has 1 aliphatic heterocycles. The van der Waals surface area contributed by atoms with Gasteiger partial charge in [-0.25, -0.2) is 9.18 Å². The molecule has 3 rings (SSSR count). The third-order valence-electron chi connectivity index (χ3n) is 4.89. The Morgan fingerprint density at radius 1 is 1.04 bits per heavy atom. The highest BCUT2D eigenvalue weighted by atomic mass is 19.1. The van der Waals surface area contributed by atoms with Crippen LogP contribution in [0, 0.1) is 12.7 Å². The summed E-state index contributed by atoms with van der Waals surface area (Å²) in [4.78, 5) is 16.5. The molecule has 2 aromatic carbocycles. The second-order valence-corrected chi connectivity index (χ2v) is 7.05. The number of urea groups is 1. The molecule has 0 unspecified atom stereocenters. The molecule has 26 heavy (non-hydrogen) atoms. The maximum Gasteiger partial charge on any atom is 0.322 e. The molecular formula is C21H26FN3O. The Kier molecular flexibility index (Phi) is 5.45. The maximum absolute atomic E-state index is 13.7. The summed E-state index contributed by atoms with van der Waals surface area (Å²) in [6.45, 7) is 9.33. The zero-order chi connectivity index (χ0) is 18.7. The van der Waals surface area contributed by atoms with Gasteiger partial charge in [0.25, 0.3) is 0 Å². The first-order valence-electron chi connectivity index (χ1n) is 9.12. The molecule has 1 fully saturated rings. The molecule has 0 spiro atoms. The van der Waals surface area contributed by atoms with Crippen LogP contribution < -0.4 is 10.2 Å². The van der Waals surface area contributed by atoms with E-state index < -0.39 is 5.82 Å². The van der Waals surface area contributed by atoms with Crippen LogP contribution in [-0.4, -0.2) is 37.1 Å². The van der Waals surface area contributed by atoms with E-state index in [1.165, 1.54) is 22.9 Å². The fourth-order valence-corrected chi connectivity index (χ4v) is 3.47. The Hall–Kier alpha value is -2.56. The minimum Gasteiger partial charge on any atom is -0.368 e. The molecule has 5 heteroatoms. The first-order chi connectivity index (χ1) is 12.5. The second-order valence-electron chi connectivity index (χ2n) is 7.05. The molecule has 2 aromatic rings. The van der Waals surface area contributed by atoms with Crippen LogP contribution in [0.25, 0.3) is 0 Å². The van der Waals surface area contributed by atoms with Gasteiger partial charge in [0, 0.05) is 31.9 Å². The molecule has 1 N–H and O–H groups in total. The van der Waals surface area contributed by atoms with Crippen LogP contribution in [0.3, 0.4) is 0 Å². The zero-order valence-corrected chi connectivity index (χ0v) is 15.6. The second kappa shape index (κ2) is 7.77. The van der Waals surface area contributed by atoms with Crippen LogP contribution in [0.2, 0.25) is 0 Å². The van der Waals surface area contributed by atoms with Crippen molar-refractivity contribution in [3.8, 4) is 0 Å². The molecule has 0 radical (unpaired) electrons. The Balaban J connectivity index is 1.67. The highest BCUT2D eigenvalue weighted by Crippen LogP contribution is 2.31.